The Morgan fingerprint density at radius 3 is 2.24 bits per heavy atom. The van der Waals surface area contributed by atoms with Crippen LogP contribution in [0.5, 0.6) is 5.75 Å². The van der Waals surface area contributed by atoms with Crippen LogP contribution in [0.15, 0.2) is 36.4 Å². The number of aromatic nitrogens is 1. The van der Waals surface area contributed by atoms with Crippen molar-refractivity contribution in [2.45, 2.75) is 59.0 Å². The van der Waals surface area contributed by atoms with Crippen molar-refractivity contribution < 1.29 is 32.2 Å². The number of halogens is 4. The van der Waals surface area contributed by atoms with Crippen LogP contribution < -0.4 is 4.74 Å². The highest BCUT2D eigenvalue weighted by Gasteiger charge is 2.38. The first kappa shape index (κ1) is 25.7. The zero-order valence-corrected chi connectivity index (χ0v) is 20.0. The fourth-order valence-electron chi connectivity index (χ4n) is 3.59. The van der Waals surface area contributed by atoms with Gasteiger partial charge in [-0.15, -0.1) is 0 Å². The summed E-state index contributed by atoms with van der Waals surface area (Å²) < 4.78 is 65.1. The average Bonchev–Trinajstić information content (AvgIpc) is 3.18. The predicted octanol–water partition coefficient (Wildman–Crippen LogP) is 7.25. The lowest BCUT2D eigenvalue weighted by molar-refractivity contribution is -0.137. The second kappa shape index (κ2) is 9.74. The molecule has 0 spiro atoms. The highest BCUT2D eigenvalue weighted by molar-refractivity contribution is 7.06. The Bertz CT molecular complexity index is 1180. The number of aliphatic carboxylic acids is 1. The van der Waals surface area contributed by atoms with Gasteiger partial charge in [0.25, 0.3) is 0 Å². The van der Waals surface area contributed by atoms with E-state index in [4.69, 9.17) is 9.84 Å². The van der Waals surface area contributed by atoms with E-state index in [1.807, 2.05) is 6.92 Å². The lowest BCUT2D eigenvalue weighted by atomic mass is 9.97. The molecular formula is C25H25F4NO3S. The summed E-state index contributed by atoms with van der Waals surface area (Å²) in [5, 5.41) is 8.91. The maximum Gasteiger partial charge on any atom is 0.427 e. The molecule has 1 heterocycles. The largest absolute Gasteiger partial charge is 0.488 e. The van der Waals surface area contributed by atoms with E-state index in [2.05, 4.69) is 4.37 Å². The first-order valence-electron chi connectivity index (χ1n) is 10.6. The molecule has 0 aliphatic rings. The third kappa shape index (κ3) is 5.75. The molecule has 0 radical (unpaired) electrons. The van der Waals surface area contributed by atoms with Crippen molar-refractivity contribution >= 4 is 17.5 Å². The first-order chi connectivity index (χ1) is 15.8. The number of carbonyl (C=O) groups is 1. The van der Waals surface area contributed by atoms with E-state index in [1.54, 1.807) is 31.2 Å². The van der Waals surface area contributed by atoms with Crippen LogP contribution >= 0.6 is 11.5 Å². The number of aryl methyl sites for hydroxylation is 1. The van der Waals surface area contributed by atoms with Gasteiger partial charge in [0.05, 0.1) is 5.69 Å². The van der Waals surface area contributed by atoms with E-state index in [-0.39, 0.29) is 24.3 Å². The molecule has 0 bridgehead atoms. The molecule has 1 N–H and O–H groups in total. The number of rotatable bonds is 8. The van der Waals surface area contributed by atoms with E-state index in [0.29, 0.717) is 34.8 Å². The molecule has 4 nitrogen and oxygen atoms in total. The number of nitrogens with zero attached hydrogens (tertiary/aromatic N) is 1. The average molecular weight is 496 g/mol. The predicted molar refractivity (Wildman–Crippen MR) is 123 cm³/mol. The van der Waals surface area contributed by atoms with E-state index in [1.165, 1.54) is 26.0 Å². The fraction of sp³-hybridized carbons (Fsp3) is 0.360. The normalized spacial score (nSPS) is 12.1. The van der Waals surface area contributed by atoms with Gasteiger partial charge in [0.15, 0.2) is 0 Å². The minimum Gasteiger partial charge on any atom is -0.488 e. The molecular weight excluding hydrogens is 470 g/mol. The molecule has 0 aliphatic heterocycles. The second-order valence-electron chi connectivity index (χ2n) is 8.54. The Morgan fingerprint density at radius 1 is 1.03 bits per heavy atom. The maximum atomic E-state index is 14.2. The summed E-state index contributed by atoms with van der Waals surface area (Å²) in [6, 6.07) is 9.57. The number of hydrogen-bond acceptors (Lipinski definition) is 4. The SMILES string of the molecule is Cc1c(CCC(=O)O)ccc(OCc2c(-c3ccc(C(C)(C)F)cc3)nsc2C(F)(F)F)c1C. The molecule has 0 fully saturated rings. The van der Waals surface area contributed by atoms with Crippen LogP contribution in [0.25, 0.3) is 11.3 Å². The highest BCUT2D eigenvalue weighted by Crippen LogP contribution is 2.41. The summed E-state index contributed by atoms with van der Waals surface area (Å²) in [5.41, 5.74) is 1.75. The number of alkyl halides is 4. The van der Waals surface area contributed by atoms with Crippen molar-refractivity contribution in [1.29, 1.82) is 0 Å². The Labute approximate surface area is 199 Å². The Morgan fingerprint density at radius 2 is 1.68 bits per heavy atom. The van der Waals surface area contributed by atoms with Gasteiger partial charge in [0.1, 0.15) is 22.9 Å². The van der Waals surface area contributed by atoms with E-state index < -0.39 is 22.7 Å². The molecule has 0 amide bonds. The molecule has 1 aromatic heterocycles. The summed E-state index contributed by atoms with van der Waals surface area (Å²) in [4.78, 5) is 10.0. The van der Waals surface area contributed by atoms with Crippen molar-refractivity contribution in [3.63, 3.8) is 0 Å². The fourth-order valence-corrected chi connectivity index (χ4v) is 4.36. The standard InChI is InChI=1S/C25H25F4NO3S/c1-14-15(2)20(11-7-16(14)8-12-21(31)32)33-13-19-22(30-34-23(19)25(27,28)29)17-5-9-18(10-6-17)24(3,4)26/h5-7,9-11H,8,12-13H2,1-4H3,(H,31,32). The summed E-state index contributed by atoms with van der Waals surface area (Å²) in [7, 11) is 0. The minimum atomic E-state index is -4.60. The zero-order chi connectivity index (χ0) is 25.3. The number of benzene rings is 2. The molecule has 0 atom stereocenters. The third-order valence-corrected chi connectivity index (χ3v) is 6.65. The van der Waals surface area contributed by atoms with Gasteiger partial charge >= 0.3 is 12.1 Å². The molecule has 34 heavy (non-hydrogen) atoms. The van der Waals surface area contributed by atoms with Crippen LogP contribution in [-0.2, 0) is 29.7 Å². The quantitative estimate of drug-likeness (QED) is 0.335. The van der Waals surface area contributed by atoms with Crippen LogP contribution in [0.3, 0.4) is 0 Å². The monoisotopic (exact) mass is 495 g/mol. The maximum absolute atomic E-state index is 14.2. The Kier molecular flexibility index (Phi) is 7.35. The third-order valence-electron chi connectivity index (χ3n) is 5.72. The summed E-state index contributed by atoms with van der Waals surface area (Å²) in [6.45, 7) is 6.06. The molecule has 0 unspecified atom stereocenters. The number of carboxylic acids is 1. The van der Waals surface area contributed by atoms with Gasteiger partial charge in [-0.25, -0.2) is 4.39 Å². The Balaban J connectivity index is 1.92. The molecule has 3 aromatic rings. The Hall–Kier alpha value is -2.94. The summed E-state index contributed by atoms with van der Waals surface area (Å²) in [6.07, 6.45) is -4.26. The van der Waals surface area contributed by atoms with Crippen LogP contribution in [0, 0.1) is 13.8 Å². The van der Waals surface area contributed by atoms with Crippen LogP contribution in [0.1, 0.15) is 53.0 Å². The number of hydrogen-bond donors (Lipinski definition) is 1. The highest BCUT2D eigenvalue weighted by atomic mass is 32.1. The van der Waals surface area contributed by atoms with Gasteiger partial charge in [-0.1, -0.05) is 30.3 Å². The molecule has 182 valence electrons. The second-order valence-corrected chi connectivity index (χ2v) is 9.32. The minimum absolute atomic E-state index is 0.0161. The van der Waals surface area contributed by atoms with Crippen molar-refractivity contribution in [1.82, 2.24) is 4.37 Å². The summed E-state index contributed by atoms with van der Waals surface area (Å²) >= 11 is 0.357. The first-order valence-corrected chi connectivity index (χ1v) is 11.4. The van der Waals surface area contributed by atoms with Crippen molar-refractivity contribution in [3.05, 3.63) is 69.1 Å². The molecule has 0 saturated heterocycles. The van der Waals surface area contributed by atoms with Crippen LogP contribution in [0.4, 0.5) is 17.6 Å². The zero-order valence-electron chi connectivity index (χ0n) is 19.2. The molecule has 9 heteroatoms. The summed E-state index contributed by atoms with van der Waals surface area (Å²) in [5.74, 6) is -0.492. The number of ether oxygens (including phenoxy) is 1. The van der Waals surface area contributed by atoms with Crippen molar-refractivity contribution in [2.24, 2.45) is 0 Å². The van der Waals surface area contributed by atoms with Gasteiger partial charge in [-0.3, -0.25) is 4.79 Å². The van der Waals surface area contributed by atoms with E-state index in [9.17, 15) is 22.4 Å². The molecule has 0 aliphatic carbocycles. The van der Waals surface area contributed by atoms with Gasteiger partial charge < -0.3 is 9.84 Å². The van der Waals surface area contributed by atoms with Gasteiger partial charge in [0.2, 0.25) is 0 Å². The topological polar surface area (TPSA) is 59.4 Å². The van der Waals surface area contributed by atoms with Gasteiger partial charge in [-0.05, 0) is 74.0 Å². The van der Waals surface area contributed by atoms with Gasteiger partial charge in [0, 0.05) is 17.5 Å². The van der Waals surface area contributed by atoms with Crippen molar-refractivity contribution in [2.75, 3.05) is 0 Å². The lowest BCUT2D eigenvalue weighted by Crippen LogP contribution is -2.10. The number of carboxylic acid groups (broad SMARTS) is 1. The van der Waals surface area contributed by atoms with E-state index >= 15 is 0 Å². The van der Waals surface area contributed by atoms with Crippen LogP contribution in [-0.4, -0.2) is 15.4 Å². The molecule has 2 aromatic carbocycles. The van der Waals surface area contributed by atoms with Gasteiger partial charge in [-0.2, -0.15) is 17.5 Å². The van der Waals surface area contributed by atoms with Crippen molar-refractivity contribution in [3.8, 4) is 17.0 Å². The molecule has 3 rings (SSSR count). The van der Waals surface area contributed by atoms with Crippen LogP contribution in [0.2, 0.25) is 0 Å². The molecule has 0 saturated carbocycles. The lowest BCUT2D eigenvalue weighted by Gasteiger charge is -2.16. The smallest absolute Gasteiger partial charge is 0.427 e. The van der Waals surface area contributed by atoms with E-state index in [0.717, 1.165) is 16.7 Å².